The fourth-order valence-corrected chi connectivity index (χ4v) is 21.5. The minimum absolute atomic E-state index is 0.472. The second-order valence-corrected chi connectivity index (χ2v) is 20.2. The van der Waals surface area contributed by atoms with Gasteiger partial charge in [-0.25, -0.2) is 0 Å². The van der Waals surface area contributed by atoms with Crippen LogP contribution in [-0.4, -0.2) is 0 Å². The van der Waals surface area contributed by atoms with Gasteiger partial charge in [0.2, 0.25) is 0 Å². The first-order valence-electron chi connectivity index (χ1n) is 13.0. The molecule has 4 aromatic carbocycles. The molecular formula is C35H32Zr. The quantitative estimate of drug-likeness (QED) is 0.201. The van der Waals surface area contributed by atoms with Gasteiger partial charge in [0.05, 0.1) is 0 Å². The summed E-state index contributed by atoms with van der Waals surface area (Å²) in [6.45, 7) is 4.69. The van der Waals surface area contributed by atoms with E-state index in [1.54, 1.807) is 12.1 Å². The molecule has 36 heavy (non-hydrogen) atoms. The van der Waals surface area contributed by atoms with Gasteiger partial charge in [0.1, 0.15) is 0 Å². The van der Waals surface area contributed by atoms with E-state index < -0.39 is 20.3 Å². The standard InChI is InChI=1S/C13H9.C10H11.C7H7.C5H5.Zr/c1-3-7-12-10(5-1)9-11-6-2-4-8-13(11)12;1-9(2)8-10-6-4-3-5-7-10;1-7-5-3-2-4-6-7;1-2-4-5-3-1;/h1-5,7-8H,9H2;3-7H,1-2H3;2-6H,1H2;1-5H;. The first kappa shape index (κ1) is 23.4. The molecule has 0 fully saturated rings. The average Bonchev–Trinajstić information content (AvgIpc) is 3.58. The Labute approximate surface area is 220 Å². The van der Waals surface area contributed by atoms with E-state index in [0.717, 1.165) is 10.5 Å². The molecule has 0 spiro atoms. The van der Waals surface area contributed by atoms with Crippen molar-refractivity contribution in [2.75, 3.05) is 0 Å². The van der Waals surface area contributed by atoms with Crippen LogP contribution < -0.4 is 3.27 Å². The van der Waals surface area contributed by atoms with Crippen LogP contribution >= 0.6 is 0 Å². The van der Waals surface area contributed by atoms with Crippen LogP contribution in [-0.2, 0) is 30.8 Å². The molecule has 0 saturated heterocycles. The van der Waals surface area contributed by atoms with Gasteiger partial charge in [-0.2, -0.15) is 0 Å². The Morgan fingerprint density at radius 2 is 1.33 bits per heavy atom. The fraction of sp³-hybridized carbons (Fsp3) is 0.143. The SMILES string of the molecule is CC(C)=[C](c1ccccc1)[Zr]([CH2]c1ccccc1)([c]1cccc2c1Cc1ccccc1-2)[CH]1C=CC=C1. The molecule has 4 aromatic rings. The number of benzene rings is 4. The maximum atomic E-state index is 2.51. The summed E-state index contributed by atoms with van der Waals surface area (Å²) in [6.07, 6.45) is 10.6. The zero-order chi connectivity index (χ0) is 24.5. The van der Waals surface area contributed by atoms with Crippen LogP contribution in [0.25, 0.3) is 14.4 Å². The van der Waals surface area contributed by atoms with Crippen LogP contribution in [0.3, 0.4) is 0 Å². The minimum atomic E-state index is -3.51. The fourth-order valence-electron chi connectivity index (χ4n) is 6.63. The zero-order valence-electron chi connectivity index (χ0n) is 21.1. The number of hydrogen-bond donors (Lipinski definition) is 0. The Morgan fingerprint density at radius 1 is 0.694 bits per heavy atom. The van der Waals surface area contributed by atoms with Crippen molar-refractivity contribution < 1.29 is 20.3 Å². The van der Waals surface area contributed by atoms with Crippen molar-refractivity contribution in [3.8, 4) is 11.1 Å². The van der Waals surface area contributed by atoms with E-state index in [1.807, 2.05) is 0 Å². The van der Waals surface area contributed by atoms with E-state index in [-0.39, 0.29) is 0 Å². The normalized spacial score (nSPS) is 15.4. The third-order valence-electron chi connectivity index (χ3n) is 7.98. The predicted molar refractivity (Wildman–Crippen MR) is 151 cm³/mol. The molecular weight excluding hydrogens is 512 g/mol. The third-order valence-corrected chi connectivity index (χ3v) is 21.7. The van der Waals surface area contributed by atoms with Crippen LogP contribution in [0, 0.1) is 0 Å². The Hall–Kier alpha value is -3.02. The van der Waals surface area contributed by atoms with Crippen LogP contribution in [0.2, 0.25) is 3.63 Å². The van der Waals surface area contributed by atoms with E-state index >= 15 is 0 Å². The van der Waals surface area contributed by atoms with Crippen LogP contribution in [0.4, 0.5) is 0 Å². The number of allylic oxidation sites excluding steroid dienone is 5. The topological polar surface area (TPSA) is 0 Å². The van der Waals surface area contributed by atoms with Gasteiger partial charge in [-0.15, -0.1) is 0 Å². The summed E-state index contributed by atoms with van der Waals surface area (Å²) < 4.78 is 4.94. The molecule has 176 valence electrons. The van der Waals surface area contributed by atoms with Crippen molar-refractivity contribution in [3.63, 3.8) is 0 Å². The van der Waals surface area contributed by atoms with Gasteiger partial charge in [0, 0.05) is 0 Å². The summed E-state index contributed by atoms with van der Waals surface area (Å²) in [7, 11) is 0. The van der Waals surface area contributed by atoms with E-state index in [1.165, 1.54) is 33.4 Å². The van der Waals surface area contributed by atoms with Crippen molar-refractivity contribution >= 4 is 6.55 Å². The average molecular weight is 544 g/mol. The summed E-state index contributed by atoms with van der Waals surface area (Å²) >= 11 is -3.51. The number of fused-ring (bicyclic) bond motifs is 3. The molecule has 0 saturated carbocycles. The summed E-state index contributed by atoms with van der Waals surface area (Å²) in [5, 5.41) is 0. The molecule has 0 nitrogen and oxygen atoms in total. The molecule has 0 heterocycles. The molecule has 1 heteroatoms. The van der Waals surface area contributed by atoms with E-state index in [4.69, 9.17) is 0 Å². The van der Waals surface area contributed by atoms with Crippen LogP contribution in [0.5, 0.6) is 0 Å². The Balaban J connectivity index is 1.69. The monoisotopic (exact) mass is 542 g/mol. The van der Waals surface area contributed by atoms with Gasteiger partial charge in [0.15, 0.2) is 0 Å². The van der Waals surface area contributed by atoms with Crippen molar-refractivity contribution in [3.05, 3.63) is 155 Å². The maximum absolute atomic E-state index is 3.51. The van der Waals surface area contributed by atoms with Crippen molar-refractivity contribution in [2.45, 2.75) is 28.0 Å². The molecule has 2 aliphatic carbocycles. The summed E-state index contributed by atoms with van der Waals surface area (Å²) in [4.78, 5) is 0. The van der Waals surface area contributed by atoms with Crippen LogP contribution in [0.1, 0.15) is 36.1 Å². The number of rotatable bonds is 6. The van der Waals surface area contributed by atoms with E-state index in [2.05, 4.69) is 141 Å². The number of hydrogen-bond acceptors (Lipinski definition) is 0. The first-order chi connectivity index (χ1) is 17.7. The van der Waals surface area contributed by atoms with Crippen LogP contribution in [0.15, 0.2) is 133 Å². The van der Waals surface area contributed by atoms with E-state index in [0.29, 0.717) is 3.63 Å². The molecule has 1 atom stereocenters. The second kappa shape index (κ2) is 9.80. The molecule has 0 aliphatic heterocycles. The van der Waals surface area contributed by atoms with E-state index in [9.17, 15) is 0 Å². The Morgan fingerprint density at radius 3 is 2.06 bits per heavy atom. The Bertz CT molecular complexity index is 1470. The molecule has 0 amide bonds. The Kier molecular flexibility index (Phi) is 6.36. The van der Waals surface area contributed by atoms with Crippen molar-refractivity contribution in [1.82, 2.24) is 0 Å². The summed E-state index contributed by atoms with van der Waals surface area (Å²) in [6, 6.07) is 38.7. The van der Waals surface area contributed by atoms with Gasteiger partial charge >= 0.3 is 221 Å². The molecule has 1 unspecified atom stereocenters. The van der Waals surface area contributed by atoms with Gasteiger partial charge < -0.3 is 0 Å². The molecule has 0 N–H and O–H groups in total. The van der Waals surface area contributed by atoms with Gasteiger partial charge in [-0.05, 0) is 0 Å². The van der Waals surface area contributed by atoms with Crippen molar-refractivity contribution in [1.29, 1.82) is 0 Å². The summed E-state index contributed by atoms with van der Waals surface area (Å²) in [5.74, 6) is 0. The molecule has 2 aliphatic rings. The predicted octanol–water partition coefficient (Wildman–Crippen LogP) is 8.60. The molecule has 6 rings (SSSR count). The van der Waals surface area contributed by atoms with Crippen molar-refractivity contribution in [2.24, 2.45) is 0 Å². The third kappa shape index (κ3) is 3.95. The molecule has 0 bridgehead atoms. The van der Waals surface area contributed by atoms with Gasteiger partial charge in [-0.1, -0.05) is 0 Å². The summed E-state index contributed by atoms with van der Waals surface area (Å²) in [5.41, 5.74) is 10.3. The van der Waals surface area contributed by atoms with Gasteiger partial charge in [0.25, 0.3) is 0 Å². The first-order valence-corrected chi connectivity index (χ1v) is 18.6. The molecule has 0 radical (unpaired) electrons. The molecule has 0 aromatic heterocycles. The zero-order valence-corrected chi connectivity index (χ0v) is 23.6. The second-order valence-electron chi connectivity index (χ2n) is 10.3. The van der Waals surface area contributed by atoms with Gasteiger partial charge in [-0.3, -0.25) is 0 Å².